The molecule has 1 N–H and O–H groups in total. The van der Waals surface area contributed by atoms with Crippen LogP contribution < -0.4 is 0 Å². The van der Waals surface area contributed by atoms with Crippen LogP contribution in [0.1, 0.15) is 24.1 Å². The molecule has 0 aliphatic carbocycles. The summed E-state index contributed by atoms with van der Waals surface area (Å²) in [6.07, 6.45) is 2.53. The van der Waals surface area contributed by atoms with E-state index >= 15 is 0 Å². The molecule has 1 aliphatic rings. The van der Waals surface area contributed by atoms with Gasteiger partial charge < -0.3 is 9.26 Å². The summed E-state index contributed by atoms with van der Waals surface area (Å²) in [6, 6.07) is 9.86. The number of likely N-dealkylation sites (tertiary alicyclic amines) is 1. The molecule has 0 amide bonds. The van der Waals surface area contributed by atoms with Crippen LogP contribution in [0.2, 0.25) is 0 Å². The van der Waals surface area contributed by atoms with Crippen molar-refractivity contribution in [1.82, 2.24) is 30.2 Å². The molecule has 8 heteroatoms. The van der Waals surface area contributed by atoms with E-state index in [0.717, 1.165) is 24.4 Å². The number of aromatic nitrogens is 5. The van der Waals surface area contributed by atoms with Gasteiger partial charge in [0.2, 0.25) is 0 Å². The molecule has 0 unspecified atom stereocenters. The molecule has 0 spiro atoms. The highest BCUT2D eigenvalue weighted by Crippen LogP contribution is 2.32. The van der Waals surface area contributed by atoms with Gasteiger partial charge in [-0.05, 0) is 18.6 Å². The molecule has 1 saturated heterocycles. The van der Waals surface area contributed by atoms with Gasteiger partial charge in [0.05, 0.1) is 18.7 Å². The minimum atomic E-state index is 0.108. The van der Waals surface area contributed by atoms with E-state index < -0.39 is 0 Å². The Morgan fingerprint density at radius 2 is 2.21 bits per heavy atom. The zero-order chi connectivity index (χ0) is 16.4. The second-order valence-electron chi connectivity index (χ2n) is 5.79. The number of nitrogens with zero attached hydrogens (tertiary/aromatic N) is 5. The Bertz CT molecular complexity index is 773. The van der Waals surface area contributed by atoms with Crippen LogP contribution in [0.5, 0.6) is 0 Å². The standard InChI is InChI=1S/C16H18N6O2/c1-23-12-7-13(15-17-10-18-20-15)22(8-12)9-14-19-16(24-21-14)11-5-3-2-4-6-11/h2-6,10,12-13H,7-9H2,1H3,(H,17,18,20)/t12-,13+/m1/s1. The van der Waals surface area contributed by atoms with E-state index in [4.69, 9.17) is 9.26 Å². The van der Waals surface area contributed by atoms with Crippen LogP contribution in [0, 0.1) is 0 Å². The summed E-state index contributed by atoms with van der Waals surface area (Å²) in [7, 11) is 1.73. The molecule has 1 aromatic carbocycles. The Hall–Kier alpha value is -2.58. The van der Waals surface area contributed by atoms with Gasteiger partial charge in [-0.1, -0.05) is 23.4 Å². The second kappa shape index (κ2) is 6.50. The molecule has 24 heavy (non-hydrogen) atoms. The zero-order valence-electron chi connectivity index (χ0n) is 13.3. The SMILES string of the molecule is CO[C@@H]1C[C@@H](c2ncn[nH]2)N(Cc2noc(-c3ccccc3)n2)C1. The summed E-state index contributed by atoms with van der Waals surface area (Å²) in [6.45, 7) is 1.36. The van der Waals surface area contributed by atoms with Crippen molar-refractivity contribution in [1.29, 1.82) is 0 Å². The molecule has 2 atom stereocenters. The largest absolute Gasteiger partial charge is 0.380 e. The first kappa shape index (κ1) is 15.0. The third-order valence-electron chi connectivity index (χ3n) is 4.28. The number of methoxy groups -OCH3 is 1. The van der Waals surface area contributed by atoms with E-state index in [0.29, 0.717) is 18.3 Å². The topological polar surface area (TPSA) is 93.0 Å². The van der Waals surface area contributed by atoms with Gasteiger partial charge in [-0.3, -0.25) is 10.00 Å². The summed E-state index contributed by atoms with van der Waals surface area (Å²) in [4.78, 5) is 11.0. The first-order chi connectivity index (χ1) is 11.8. The number of hydrogen-bond acceptors (Lipinski definition) is 7. The van der Waals surface area contributed by atoms with E-state index in [-0.39, 0.29) is 12.1 Å². The van der Waals surface area contributed by atoms with Crippen molar-refractivity contribution in [3.05, 3.63) is 48.3 Å². The maximum atomic E-state index is 5.51. The molecule has 8 nitrogen and oxygen atoms in total. The van der Waals surface area contributed by atoms with Gasteiger partial charge >= 0.3 is 0 Å². The molecule has 124 valence electrons. The zero-order valence-corrected chi connectivity index (χ0v) is 13.3. The van der Waals surface area contributed by atoms with Crippen LogP contribution in [0.15, 0.2) is 41.2 Å². The molecular formula is C16H18N6O2. The van der Waals surface area contributed by atoms with Crippen LogP contribution in [0.4, 0.5) is 0 Å². The molecule has 4 rings (SSSR count). The average molecular weight is 326 g/mol. The average Bonchev–Trinajstić information content (AvgIpc) is 3.36. The summed E-state index contributed by atoms with van der Waals surface area (Å²) < 4.78 is 10.9. The lowest BCUT2D eigenvalue weighted by atomic mass is 10.2. The predicted octanol–water partition coefficient (Wildman–Crippen LogP) is 1.82. The third kappa shape index (κ3) is 2.93. The second-order valence-corrected chi connectivity index (χ2v) is 5.79. The van der Waals surface area contributed by atoms with Crippen LogP contribution >= 0.6 is 0 Å². The van der Waals surface area contributed by atoms with Gasteiger partial charge in [0.25, 0.3) is 5.89 Å². The molecule has 3 heterocycles. The maximum absolute atomic E-state index is 5.51. The lowest BCUT2D eigenvalue weighted by molar-refractivity contribution is 0.106. The smallest absolute Gasteiger partial charge is 0.257 e. The van der Waals surface area contributed by atoms with Crippen molar-refractivity contribution >= 4 is 0 Å². The highest BCUT2D eigenvalue weighted by Gasteiger charge is 2.35. The molecule has 0 radical (unpaired) electrons. The number of nitrogens with one attached hydrogen (secondary N) is 1. The van der Waals surface area contributed by atoms with Gasteiger partial charge in [-0.2, -0.15) is 10.1 Å². The number of ether oxygens (including phenoxy) is 1. The molecule has 1 fully saturated rings. The highest BCUT2D eigenvalue weighted by molar-refractivity contribution is 5.51. The Kier molecular flexibility index (Phi) is 4.06. The molecular weight excluding hydrogens is 308 g/mol. The van der Waals surface area contributed by atoms with Crippen molar-refractivity contribution in [2.75, 3.05) is 13.7 Å². The van der Waals surface area contributed by atoms with Crippen molar-refractivity contribution in [2.45, 2.75) is 25.1 Å². The van der Waals surface area contributed by atoms with E-state index in [1.807, 2.05) is 30.3 Å². The number of hydrogen-bond donors (Lipinski definition) is 1. The number of rotatable bonds is 5. The number of benzene rings is 1. The van der Waals surface area contributed by atoms with Crippen molar-refractivity contribution in [2.24, 2.45) is 0 Å². The van der Waals surface area contributed by atoms with Gasteiger partial charge in [0, 0.05) is 19.2 Å². The van der Waals surface area contributed by atoms with Crippen molar-refractivity contribution < 1.29 is 9.26 Å². The Balaban J connectivity index is 1.52. The fourth-order valence-corrected chi connectivity index (χ4v) is 3.06. The highest BCUT2D eigenvalue weighted by atomic mass is 16.5. The van der Waals surface area contributed by atoms with Gasteiger partial charge in [-0.15, -0.1) is 0 Å². The minimum absolute atomic E-state index is 0.108. The van der Waals surface area contributed by atoms with E-state index in [9.17, 15) is 0 Å². The van der Waals surface area contributed by atoms with E-state index in [2.05, 4.69) is 30.2 Å². The summed E-state index contributed by atoms with van der Waals surface area (Å²) >= 11 is 0. The number of H-pyrrole nitrogens is 1. The maximum Gasteiger partial charge on any atom is 0.257 e. The third-order valence-corrected chi connectivity index (χ3v) is 4.28. The molecule has 1 aliphatic heterocycles. The fourth-order valence-electron chi connectivity index (χ4n) is 3.06. The Morgan fingerprint density at radius 1 is 1.33 bits per heavy atom. The molecule has 0 saturated carbocycles. The quantitative estimate of drug-likeness (QED) is 0.764. The first-order valence-electron chi connectivity index (χ1n) is 7.83. The normalized spacial score (nSPS) is 21.4. The Morgan fingerprint density at radius 3 is 2.96 bits per heavy atom. The minimum Gasteiger partial charge on any atom is -0.380 e. The van der Waals surface area contributed by atoms with Crippen molar-refractivity contribution in [3.63, 3.8) is 0 Å². The van der Waals surface area contributed by atoms with Crippen LogP contribution in [0.25, 0.3) is 11.5 Å². The molecule has 0 bridgehead atoms. The number of aromatic amines is 1. The molecule has 2 aromatic heterocycles. The van der Waals surface area contributed by atoms with Gasteiger partial charge in [0.15, 0.2) is 5.82 Å². The van der Waals surface area contributed by atoms with Crippen LogP contribution in [-0.4, -0.2) is 50.0 Å². The Labute approximate surface area is 138 Å². The van der Waals surface area contributed by atoms with Crippen LogP contribution in [-0.2, 0) is 11.3 Å². The monoisotopic (exact) mass is 326 g/mol. The predicted molar refractivity (Wildman–Crippen MR) is 84.7 cm³/mol. The van der Waals surface area contributed by atoms with Gasteiger partial charge in [-0.25, -0.2) is 4.98 Å². The lowest BCUT2D eigenvalue weighted by Crippen LogP contribution is -2.26. The fraction of sp³-hybridized carbons (Fsp3) is 0.375. The lowest BCUT2D eigenvalue weighted by Gasteiger charge is -2.20. The van der Waals surface area contributed by atoms with Crippen molar-refractivity contribution in [3.8, 4) is 11.5 Å². The molecule has 3 aromatic rings. The summed E-state index contributed by atoms with van der Waals surface area (Å²) in [5.74, 6) is 2.01. The first-order valence-corrected chi connectivity index (χ1v) is 7.83. The summed E-state index contributed by atoms with van der Waals surface area (Å²) in [5, 5.41) is 11.0. The van der Waals surface area contributed by atoms with Gasteiger partial charge in [0.1, 0.15) is 12.2 Å². The van der Waals surface area contributed by atoms with E-state index in [1.165, 1.54) is 6.33 Å². The summed E-state index contributed by atoms with van der Waals surface area (Å²) in [5.41, 5.74) is 0.916. The van der Waals surface area contributed by atoms with Crippen LogP contribution in [0.3, 0.4) is 0 Å². The van der Waals surface area contributed by atoms with E-state index in [1.54, 1.807) is 7.11 Å².